The first-order valence-corrected chi connectivity index (χ1v) is 8.40. The minimum atomic E-state index is 0.207. The molecule has 0 amide bonds. The van der Waals surface area contributed by atoms with Crippen molar-refractivity contribution < 1.29 is 0 Å². The molecular weight excluding hydrogens is 240 g/mol. The molecule has 1 aromatic heterocycles. The molecule has 2 aliphatic rings. The number of nitrogens with zero attached hydrogens (tertiary/aromatic N) is 1. The number of aromatic nitrogens is 1. The summed E-state index contributed by atoms with van der Waals surface area (Å²) in [5, 5.41) is 1.23. The minimum Gasteiger partial charge on any atom is -0.322 e. The number of nitrogens with two attached hydrogens (primary N) is 1. The third-order valence-corrected chi connectivity index (χ3v) is 5.81. The van der Waals surface area contributed by atoms with Gasteiger partial charge in [-0.05, 0) is 44.4 Å². The highest BCUT2D eigenvalue weighted by atomic mass is 32.1. The minimum absolute atomic E-state index is 0.207. The zero-order valence-corrected chi connectivity index (χ0v) is 12.0. The van der Waals surface area contributed by atoms with Crippen LogP contribution in [-0.2, 0) is 12.8 Å². The fourth-order valence-electron chi connectivity index (χ4n) is 3.39. The van der Waals surface area contributed by atoms with Gasteiger partial charge in [0.05, 0.1) is 11.7 Å². The van der Waals surface area contributed by atoms with E-state index in [1.165, 1.54) is 79.8 Å². The molecule has 1 saturated carbocycles. The molecule has 0 radical (unpaired) electrons. The van der Waals surface area contributed by atoms with Gasteiger partial charge in [0.25, 0.3) is 0 Å². The van der Waals surface area contributed by atoms with Gasteiger partial charge in [-0.15, -0.1) is 11.3 Å². The maximum atomic E-state index is 6.50. The van der Waals surface area contributed by atoms with Crippen LogP contribution in [0.25, 0.3) is 0 Å². The van der Waals surface area contributed by atoms with Crippen molar-refractivity contribution in [2.24, 2.45) is 11.7 Å². The number of fused-ring (bicyclic) bond motifs is 1. The summed E-state index contributed by atoms with van der Waals surface area (Å²) in [5.74, 6) is 0.681. The van der Waals surface area contributed by atoms with E-state index in [1.54, 1.807) is 0 Å². The van der Waals surface area contributed by atoms with Crippen LogP contribution in [0.3, 0.4) is 0 Å². The quantitative estimate of drug-likeness (QED) is 0.820. The lowest BCUT2D eigenvalue weighted by atomic mass is 9.93. The molecule has 0 aliphatic heterocycles. The molecule has 2 aliphatic carbocycles. The van der Waals surface area contributed by atoms with E-state index in [9.17, 15) is 0 Å². The van der Waals surface area contributed by atoms with E-state index in [0.29, 0.717) is 5.92 Å². The van der Waals surface area contributed by atoms with Gasteiger partial charge >= 0.3 is 0 Å². The standard InChI is InChI=1S/C15H24N2S/c16-14(11-7-3-1-2-4-8-11)15-17-12-9-5-6-10-13(12)18-15/h11,14H,1-10,16H2. The van der Waals surface area contributed by atoms with Gasteiger partial charge in [0, 0.05) is 4.88 Å². The Hall–Kier alpha value is -0.410. The van der Waals surface area contributed by atoms with Crippen molar-refractivity contribution in [1.29, 1.82) is 0 Å². The monoisotopic (exact) mass is 264 g/mol. The Labute approximate surface area is 114 Å². The fourth-order valence-corrected chi connectivity index (χ4v) is 4.63. The van der Waals surface area contributed by atoms with E-state index in [2.05, 4.69) is 0 Å². The summed E-state index contributed by atoms with van der Waals surface area (Å²) in [5.41, 5.74) is 7.87. The third kappa shape index (κ3) is 2.62. The fraction of sp³-hybridized carbons (Fsp3) is 0.800. The molecule has 2 N–H and O–H groups in total. The van der Waals surface area contributed by atoms with E-state index in [0.717, 1.165) is 0 Å². The Morgan fingerprint density at radius 2 is 1.72 bits per heavy atom. The van der Waals surface area contributed by atoms with Gasteiger partial charge in [-0.3, -0.25) is 0 Å². The summed E-state index contributed by atoms with van der Waals surface area (Å²) in [4.78, 5) is 6.38. The molecule has 1 unspecified atom stereocenters. The van der Waals surface area contributed by atoms with Gasteiger partial charge in [-0.1, -0.05) is 25.7 Å². The molecule has 18 heavy (non-hydrogen) atoms. The van der Waals surface area contributed by atoms with Crippen LogP contribution in [0.5, 0.6) is 0 Å². The van der Waals surface area contributed by atoms with Gasteiger partial charge in [0.15, 0.2) is 0 Å². The molecule has 0 aromatic carbocycles. The van der Waals surface area contributed by atoms with Gasteiger partial charge in [-0.2, -0.15) is 0 Å². The maximum absolute atomic E-state index is 6.50. The van der Waals surface area contributed by atoms with Crippen molar-refractivity contribution in [3.63, 3.8) is 0 Å². The second-order valence-corrected chi connectivity index (χ2v) is 7.02. The zero-order chi connectivity index (χ0) is 12.4. The van der Waals surface area contributed by atoms with Crippen LogP contribution < -0.4 is 5.73 Å². The molecule has 0 bridgehead atoms. The maximum Gasteiger partial charge on any atom is 0.110 e. The van der Waals surface area contributed by atoms with Crippen molar-refractivity contribution in [3.05, 3.63) is 15.6 Å². The Balaban J connectivity index is 1.74. The Morgan fingerprint density at radius 3 is 2.44 bits per heavy atom. The van der Waals surface area contributed by atoms with Crippen LogP contribution in [0.4, 0.5) is 0 Å². The van der Waals surface area contributed by atoms with Crippen LogP contribution in [-0.4, -0.2) is 4.98 Å². The van der Waals surface area contributed by atoms with Crippen LogP contribution in [0.15, 0.2) is 0 Å². The van der Waals surface area contributed by atoms with Crippen LogP contribution >= 0.6 is 11.3 Å². The van der Waals surface area contributed by atoms with E-state index >= 15 is 0 Å². The Morgan fingerprint density at radius 1 is 1.00 bits per heavy atom. The van der Waals surface area contributed by atoms with E-state index in [4.69, 9.17) is 10.7 Å². The van der Waals surface area contributed by atoms with Crippen LogP contribution in [0.2, 0.25) is 0 Å². The van der Waals surface area contributed by atoms with Crippen LogP contribution in [0, 0.1) is 5.92 Å². The number of aryl methyl sites for hydroxylation is 2. The Bertz CT molecular complexity index is 368. The van der Waals surface area contributed by atoms with Gasteiger partial charge in [0.2, 0.25) is 0 Å². The van der Waals surface area contributed by atoms with E-state index < -0.39 is 0 Å². The number of hydrogen-bond acceptors (Lipinski definition) is 3. The highest BCUT2D eigenvalue weighted by molar-refractivity contribution is 7.11. The largest absolute Gasteiger partial charge is 0.322 e. The van der Waals surface area contributed by atoms with Crippen molar-refractivity contribution in [2.75, 3.05) is 0 Å². The van der Waals surface area contributed by atoms with Gasteiger partial charge in [-0.25, -0.2) is 4.98 Å². The molecule has 100 valence electrons. The summed E-state index contributed by atoms with van der Waals surface area (Å²) in [6, 6.07) is 0.207. The molecule has 0 saturated heterocycles. The van der Waals surface area contributed by atoms with E-state index in [1.807, 2.05) is 11.3 Å². The first-order valence-electron chi connectivity index (χ1n) is 7.58. The highest BCUT2D eigenvalue weighted by Crippen LogP contribution is 2.36. The van der Waals surface area contributed by atoms with Gasteiger partial charge in [0.1, 0.15) is 5.01 Å². The lowest BCUT2D eigenvalue weighted by Crippen LogP contribution is -2.21. The SMILES string of the molecule is NC(c1nc2c(s1)CCCC2)C1CCCCCC1. The summed E-state index contributed by atoms with van der Waals surface area (Å²) in [6.45, 7) is 0. The summed E-state index contributed by atoms with van der Waals surface area (Å²) < 4.78 is 0. The molecule has 0 spiro atoms. The second kappa shape index (κ2) is 5.70. The number of rotatable bonds is 2. The van der Waals surface area contributed by atoms with Crippen molar-refractivity contribution in [1.82, 2.24) is 4.98 Å². The van der Waals surface area contributed by atoms with Crippen molar-refractivity contribution in [2.45, 2.75) is 70.3 Å². The van der Waals surface area contributed by atoms with Gasteiger partial charge < -0.3 is 5.73 Å². The Kier molecular flexibility index (Phi) is 4.00. The third-order valence-electron chi connectivity index (χ3n) is 4.56. The molecule has 1 atom stereocenters. The lowest BCUT2D eigenvalue weighted by Gasteiger charge is -2.20. The molecule has 2 nitrogen and oxygen atoms in total. The topological polar surface area (TPSA) is 38.9 Å². The average Bonchev–Trinajstić information content (AvgIpc) is 2.64. The molecule has 1 aromatic rings. The summed E-state index contributed by atoms with van der Waals surface area (Å²) in [7, 11) is 0. The summed E-state index contributed by atoms with van der Waals surface area (Å²) in [6.07, 6.45) is 13.2. The lowest BCUT2D eigenvalue weighted by molar-refractivity contribution is 0.381. The first-order chi connectivity index (χ1) is 8.84. The van der Waals surface area contributed by atoms with Crippen molar-refractivity contribution in [3.8, 4) is 0 Å². The molecule has 1 fully saturated rings. The molecule has 1 heterocycles. The first kappa shape index (κ1) is 12.6. The number of hydrogen-bond donors (Lipinski definition) is 1. The molecular formula is C15H24N2S. The number of thiazole rings is 1. The van der Waals surface area contributed by atoms with E-state index in [-0.39, 0.29) is 6.04 Å². The second-order valence-electron chi connectivity index (χ2n) is 5.91. The smallest absolute Gasteiger partial charge is 0.110 e. The van der Waals surface area contributed by atoms with Crippen molar-refractivity contribution >= 4 is 11.3 Å². The predicted molar refractivity (Wildman–Crippen MR) is 76.9 cm³/mol. The predicted octanol–water partition coefficient (Wildman–Crippen LogP) is 3.99. The zero-order valence-electron chi connectivity index (χ0n) is 11.2. The molecule has 3 heteroatoms. The van der Waals surface area contributed by atoms with Crippen LogP contribution in [0.1, 0.15) is 73.0 Å². The normalized spacial score (nSPS) is 23.4. The molecule has 3 rings (SSSR count). The average molecular weight is 264 g/mol. The summed E-state index contributed by atoms with van der Waals surface area (Å²) >= 11 is 1.91. The highest BCUT2D eigenvalue weighted by Gasteiger charge is 2.25.